The average Bonchev–Trinajstić information content (AvgIpc) is 3.48. The highest BCUT2D eigenvalue weighted by molar-refractivity contribution is 7.19. The number of aromatic nitrogens is 2. The maximum absolute atomic E-state index is 13.6. The number of rotatable bonds is 4. The second-order valence-electron chi connectivity index (χ2n) is 10.4. The SMILES string of the molecule is CC(C)(C)OC(=O)N1CCC[C@H]1C=CC(=O)N1CCc2c(sc3ncnc(Nc4ccc(F)c(Cl)c4)c23)C1. The Labute approximate surface area is 229 Å². The van der Waals surface area contributed by atoms with Gasteiger partial charge in [0.25, 0.3) is 0 Å². The number of ether oxygens (including phenoxy) is 1. The van der Waals surface area contributed by atoms with E-state index < -0.39 is 11.4 Å². The highest BCUT2D eigenvalue weighted by Crippen LogP contribution is 2.38. The maximum atomic E-state index is 13.6. The molecule has 3 aromatic rings. The van der Waals surface area contributed by atoms with Gasteiger partial charge in [-0.2, -0.15) is 0 Å². The van der Waals surface area contributed by atoms with Crippen LogP contribution in [0.3, 0.4) is 0 Å². The molecule has 38 heavy (non-hydrogen) atoms. The summed E-state index contributed by atoms with van der Waals surface area (Å²) < 4.78 is 19.1. The van der Waals surface area contributed by atoms with Crippen LogP contribution < -0.4 is 5.32 Å². The molecule has 0 saturated carbocycles. The highest BCUT2D eigenvalue weighted by atomic mass is 35.5. The number of benzene rings is 1. The van der Waals surface area contributed by atoms with Gasteiger partial charge in [0.15, 0.2) is 0 Å². The van der Waals surface area contributed by atoms with Crippen molar-refractivity contribution < 1.29 is 18.7 Å². The molecule has 0 unspecified atom stereocenters. The Morgan fingerprint density at radius 2 is 2.08 bits per heavy atom. The molecule has 0 aliphatic carbocycles. The Kier molecular flexibility index (Phi) is 7.28. The van der Waals surface area contributed by atoms with Gasteiger partial charge in [0.1, 0.15) is 28.4 Å². The zero-order chi connectivity index (χ0) is 27.0. The van der Waals surface area contributed by atoms with E-state index in [-0.39, 0.29) is 23.1 Å². The fraction of sp³-hybridized carbons (Fsp3) is 0.407. The quantitative estimate of drug-likeness (QED) is 0.392. The molecule has 11 heteroatoms. The van der Waals surface area contributed by atoms with Crippen LogP contribution in [0.1, 0.15) is 44.1 Å². The van der Waals surface area contributed by atoms with Crippen molar-refractivity contribution in [2.45, 2.75) is 58.2 Å². The van der Waals surface area contributed by atoms with Crippen molar-refractivity contribution in [2.75, 3.05) is 18.4 Å². The van der Waals surface area contributed by atoms with Crippen LogP contribution in [0.4, 0.5) is 20.7 Å². The molecular formula is C27H29ClFN5O3S. The van der Waals surface area contributed by atoms with E-state index in [1.807, 2.05) is 26.8 Å². The molecule has 1 fully saturated rings. The maximum Gasteiger partial charge on any atom is 0.410 e. The van der Waals surface area contributed by atoms with Gasteiger partial charge in [0.05, 0.1) is 23.0 Å². The minimum atomic E-state index is -0.564. The summed E-state index contributed by atoms with van der Waals surface area (Å²) in [5, 5.41) is 4.18. The molecule has 2 amide bonds. The number of likely N-dealkylation sites (tertiary alicyclic amines) is 1. The largest absolute Gasteiger partial charge is 0.444 e. The molecule has 0 radical (unpaired) electrons. The van der Waals surface area contributed by atoms with Crippen molar-refractivity contribution in [3.8, 4) is 0 Å². The third kappa shape index (κ3) is 5.61. The highest BCUT2D eigenvalue weighted by Gasteiger charge is 2.31. The molecule has 0 spiro atoms. The zero-order valence-electron chi connectivity index (χ0n) is 21.5. The number of hydrogen-bond acceptors (Lipinski definition) is 7. The number of amides is 2. The second-order valence-corrected chi connectivity index (χ2v) is 11.9. The topological polar surface area (TPSA) is 87.7 Å². The summed E-state index contributed by atoms with van der Waals surface area (Å²) in [6, 6.07) is 4.28. The van der Waals surface area contributed by atoms with E-state index in [1.54, 1.807) is 21.9 Å². The minimum absolute atomic E-state index is 0.0293. The zero-order valence-corrected chi connectivity index (χ0v) is 23.0. The average molecular weight is 558 g/mol. The normalized spacial score (nSPS) is 17.8. The molecule has 2 aliphatic heterocycles. The molecule has 0 bridgehead atoms. The van der Waals surface area contributed by atoms with Crippen LogP contribution >= 0.6 is 22.9 Å². The van der Waals surface area contributed by atoms with Gasteiger partial charge < -0.3 is 19.9 Å². The standard InChI is InChI=1S/C27H29ClFN5O3S/c1-27(2,3)37-26(36)34-11-4-5-17(34)7-9-22(35)33-12-10-18-21(14-33)38-25-23(18)24(30-15-31-25)32-16-6-8-20(29)19(28)13-16/h6-9,13,15,17H,4-5,10-12,14H2,1-3H3,(H,30,31,32)/t17-/m0/s1. The van der Waals surface area contributed by atoms with Gasteiger partial charge in [0.2, 0.25) is 5.91 Å². The fourth-order valence-electron chi connectivity index (χ4n) is 4.76. The van der Waals surface area contributed by atoms with Crippen LogP contribution in [0.5, 0.6) is 0 Å². The predicted octanol–water partition coefficient (Wildman–Crippen LogP) is 6.07. The molecule has 2 aliphatic rings. The van der Waals surface area contributed by atoms with Crippen LogP contribution in [0.2, 0.25) is 5.02 Å². The first-order valence-corrected chi connectivity index (χ1v) is 13.7. The molecule has 1 atom stereocenters. The first kappa shape index (κ1) is 26.4. The van der Waals surface area contributed by atoms with E-state index in [1.165, 1.54) is 29.8 Å². The van der Waals surface area contributed by atoms with Gasteiger partial charge in [-0.3, -0.25) is 4.79 Å². The van der Waals surface area contributed by atoms with Crippen molar-refractivity contribution in [3.63, 3.8) is 0 Å². The lowest BCUT2D eigenvalue weighted by atomic mass is 10.0. The fourth-order valence-corrected chi connectivity index (χ4v) is 6.14. The molecule has 1 N–H and O–H groups in total. The Morgan fingerprint density at radius 3 is 2.84 bits per heavy atom. The summed E-state index contributed by atoms with van der Waals surface area (Å²) in [4.78, 5) is 39.9. The van der Waals surface area contributed by atoms with Gasteiger partial charge in [-0.25, -0.2) is 19.2 Å². The predicted molar refractivity (Wildman–Crippen MR) is 146 cm³/mol. The van der Waals surface area contributed by atoms with Gasteiger partial charge in [0, 0.05) is 29.7 Å². The Bertz CT molecular complexity index is 1420. The monoisotopic (exact) mass is 557 g/mol. The number of thiophene rings is 1. The molecule has 1 saturated heterocycles. The number of carbonyl (C=O) groups is 2. The summed E-state index contributed by atoms with van der Waals surface area (Å²) in [6.07, 6.45) is 6.88. The van der Waals surface area contributed by atoms with Gasteiger partial charge in [-0.1, -0.05) is 17.7 Å². The summed E-state index contributed by atoms with van der Waals surface area (Å²) in [7, 11) is 0. The van der Waals surface area contributed by atoms with E-state index in [0.29, 0.717) is 37.6 Å². The van der Waals surface area contributed by atoms with Gasteiger partial charge in [-0.15, -0.1) is 11.3 Å². The number of nitrogens with zero attached hydrogens (tertiary/aromatic N) is 4. The molecule has 200 valence electrons. The van der Waals surface area contributed by atoms with Crippen molar-refractivity contribution in [1.29, 1.82) is 0 Å². The van der Waals surface area contributed by atoms with E-state index in [9.17, 15) is 14.0 Å². The van der Waals surface area contributed by atoms with Crippen LogP contribution in [-0.4, -0.2) is 56.5 Å². The molecule has 8 nitrogen and oxygen atoms in total. The lowest BCUT2D eigenvalue weighted by Crippen LogP contribution is -2.39. The molecule has 4 heterocycles. The molecule has 1 aromatic carbocycles. The summed E-state index contributed by atoms with van der Waals surface area (Å²) in [5.41, 5.74) is 1.17. The molecular weight excluding hydrogens is 529 g/mol. The molecule has 5 rings (SSSR count). The van der Waals surface area contributed by atoms with Crippen LogP contribution in [0.25, 0.3) is 10.2 Å². The molecule has 2 aromatic heterocycles. The van der Waals surface area contributed by atoms with Crippen LogP contribution in [-0.2, 0) is 22.5 Å². The number of carbonyl (C=O) groups excluding carboxylic acids is 2. The van der Waals surface area contributed by atoms with E-state index in [2.05, 4.69) is 15.3 Å². The van der Waals surface area contributed by atoms with Crippen molar-refractivity contribution >= 4 is 56.7 Å². The van der Waals surface area contributed by atoms with Gasteiger partial charge >= 0.3 is 6.09 Å². The van der Waals surface area contributed by atoms with Crippen molar-refractivity contribution in [2.24, 2.45) is 0 Å². The summed E-state index contributed by atoms with van der Waals surface area (Å²) >= 11 is 7.48. The van der Waals surface area contributed by atoms with E-state index >= 15 is 0 Å². The number of fused-ring (bicyclic) bond motifs is 3. The van der Waals surface area contributed by atoms with Gasteiger partial charge in [-0.05, 0) is 63.8 Å². The third-order valence-electron chi connectivity index (χ3n) is 6.52. The minimum Gasteiger partial charge on any atom is -0.444 e. The Hall–Kier alpha value is -3.24. The lowest BCUT2D eigenvalue weighted by molar-refractivity contribution is -0.126. The second kappa shape index (κ2) is 10.5. The summed E-state index contributed by atoms with van der Waals surface area (Å²) in [5.74, 6) is 0.0510. The van der Waals surface area contributed by atoms with Crippen LogP contribution in [0.15, 0.2) is 36.7 Å². The Balaban J connectivity index is 1.29. The number of anilines is 2. The number of nitrogens with one attached hydrogen (secondary N) is 1. The first-order valence-electron chi connectivity index (χ1n) is 12.5. The lowest BCUT2D eigenvalue weighted by Gasteiger charge is -2.28. The smallest absolute Gasteiger partial charge is 0.410 e. The van der Waals surface area contributed by atoms with Crippen LogP contribution in [0, 0.1) is 5.82 Å². The first-order chi connectivity index (χ1) is 18.1. The number of halogens is 2. The van der Waals surface area contributed by atoms with Crippen molar-refractivity contribution in [3.05, 3.63) is 58.0 Å². The number of hydrogen-bond donors (Lipinski definition) is 1. The van der Waals surface area contributed by atoms with Crippen molar-refractivity contribution in [1.82, 2.24) is 19.8 Å². The Morgan fingerprint density at radius 1 is 1.26 bits per heavy atom. The summed E-state index contributed by atoms with van der Waals surface area (Å²) in [6.45, 7) is 7.18. The third-order valence-corrected chi connectivity index (χ3v) is 7.93. The van der Waals surface area contributed by atoms with E-state index in [4.69, 9.17) is 16.3 Å². The van der Waals surface area contributed by atoms with E-state index in [0.717, 1.165) is 33.5 Å².